The fourth-order valence-corrected chi connectivity index (χ4v) is 1.68. The van der Waals surface area contributed by atoms with Crippen molar-refractivity contribution in [1.29, 1.82) is 5.26 Å². The van der Waals surface area contributed by atoms with Gasteiger partial charge in [0.05, 0.1) is 18.2 Å². The maximum atomic E-state index is 11.4. The molecule has 0 N–H and O–H groups in total. The van der Waals surface area contributed by atoms with Crippen LogP contribution < -0.4 is 0 Å². The van der Waals surface area contributed by atoms with Crippen LogP contribution in [0, 0.1) is 11.3 Å². The number of carbonyl (C=O) groups is 2. The van der Waals surface area contributed by atoms with Gasteiger partial charge in [-0.1, -0.05) is 0 Å². The predicted octanol–water partition coefficient (Wildman–Crippen LogP) is 1.92. The molecule has 4 nitrogen and oxygen atoms in total. The zero-order valence-electron chi connectivity index (χ0n) is 7.78. The quantitative estimate of drug-likeness (QED) is 0.607. The Balaban J connectivity index is 3.51. The third kappa shape index (κ3) is 2.05. The molecule has 0 unspecified atom stereocenters. The number of carbonyl (C=O) groups excluding carboxylic acids is 2. The highest BCUT2D eigenvalue weighted by atomic mass is 79.9. The van der Waals surface area contributed by atoms with E-state index in [0.717, 1.165) is 0 Å². The summed E-state index contributed by atoms with van der Waals surface area (Å²) in [6.45, 7) is 0. The minimum Gasteiger partial charge on any atom is -0.465 e. The van der Waals surface area contributed by atoms with Crippen LogP contribution in [0.15, 0.2) is 16.6 Å². The van der Waals surface area contributed by atoms with Gasteiger partial charge in [-0.15, -0.1) is 0 Å². The molecular weight excluding hydrogens is 262 g/mol. The Bertz CT molecular complexity index is 462. The highest BCUT2D eigenvalue weighted by molar-refractivity contribution is 9.10. The highest BCUT2D eigenvalue weighted by Gasteiger charge is 2.18. The van der Waals surface area contributed by atoms with E-state index < -0.39 is 5.97 Å². The van der Waals surface area contributed by atoms with Crippen LogP contribution in [-0.2, 0) is 4.74 Å². The third-order valence-corrected chi connectivity index (χ3v) is 2.66. The molecule has 0 saturated heterocycles. The zero-order valence-corrected chi connectivity index (χ0v) is 9.37. The smallest absolute Gasteiger partial charge is 0.340 e. The van der Waals surface area contributed by atoms with Crippen LogP contribution in [0.1, 0.15) is 26.3 Å². The monoisotopic (exact) mass is 267 g/mol. The first-order valence-corrected chi connectivity index (χ1v) is 4.71. The fourth-order valence-electron chi connectivity index (χ4n) is 1.08. The summed E-state index contributed by atoms with van der Waals surface area (Å²) in [5.74, 6) is -0.651. The highest BCUT2D eigenvalue weighted by Crippen LogP contribution is 2.24. The molecule has 0 aliphatic carbocycles. The topological polar surface area (TPSA) is 67.2 Å². The number of esters is 1. The molecule has 0 aromatic heterocycles. The molecule has 76 valence electrons. The van der Waals surface area contributed by atoms with Crippen molar-refractivity contribution >= 4 is 28.2 Å². The zero-order chi connectivity index (χ0) is 11.4. The Hall–Kier alpha value is -1.67. The van der Waals surface area contributed by atoms with Crippen LogP contribution in [0.3, 0.4) is 0 Å². The lowest BCUT2D eigenvalue weighted by atomic mass is 10.1. The van der Waals surface area contributed by atoms with Crippen molar-refractivity contribution in [3.8, 4) is 6.07 Å². The molecule has 0 saturated carbocycles. The normalized spacial score (nSPS) is 9.13. The van der Waals surface area contributed by atoms with E-state index in [1.807, 2.05) is 6.07 Å². The van der Waals surface area contributed by atoms with Gasteiger partial charge in [0.15, 0.2) is 6.29 Å². The molecule has 0 amide bonds. The van der Waals surface area contributed by atoms with Crippen molar-refractivity contribution in [1.82, 2.24) is 0 Å². The molecule has 1 aromatic rings. The Morgan fingerprint density at radius 1 is 1.60 bits per heavy atom. The van der Waals surface area contributed by atoms with E-state index in [9.17, 15) is 9.59 Å². The van der Waals surface area contributed by atoms with E-state index in [1.54, 1.807) is 0 Å². The summed E-state index contributed by atoms with van der Waals surface area (Å²) in [4.78, 5) is 22.0. The van der Waals surface area contributed by atoms with Crippen molar-refractivity contribution < 1.29 is 14.3 Å². The second kappa shape index (κ2) is 4.71. The minimum atomic E-state index is -0.651. The minimum absolute atomic E-state index is 0.0737. The molecule has 0 atom stereocenters. The largest absolute Gasteiger partial charge is 0.465 e. The van der Waals surface area contributed by atoms with E-state index in [0.29, 0.717) is 11.8 Å². The number of rotatable bonds is 2. The first kappa shape index (κ1) is 11.4. The molecule has 1 rings (SSSR count). The molecule has 15 heavy (non-hydrogen) atoms. The molecule has 5 heteroatoms. The lowest BCUT2D eigenvalue weighted by Gasteiger charge is -2.06. The lowest BCUT2D eigenvalue weighted by molar-refractivity contribution is 0.0599. The predicted molar refractivity (Wildman–Crippen MR) is 55.6 cm³/mol. The van der Waals surface area contributed by atoms with E-state index in [-0.39, 0.29) is 15.6 Å². The molecule has 0 bridgehead atoms. The summed E-state index contributed by atoms with van der Waals surface area (Å²) in [7, 11) is 1.21. The van der Waals surface area contributed by atoms with Crippen LogP contribution in [0.4, 0.5) is 0 Å². The number of aldehydes is 1. The van der Waals surface area contributed by atoms with E-state index >= 15 is 0 Å². The Kier molecular flexibility index (Phi) is 3.58. The van der Waals surface area contributed by atoms with Gasteiger partial charge in [0.1, 0.15) is 6.07 Å². The average Bonchev–Trinajstić information content (AvgIpc) is 2.27. The van der Waals surface area contributed by atoms with Crippen LogP contribution in [0.2, 0.25) is 0 Å². The maximum Gasteiger partial charge on any atom is 0.340 e. The number of benzene rings is 1. The number of hydrogen-bond donors (Lipinski definition) is 0. The van der Waals surface area contributed by atoms with Crippen LogP contribution >= 0.6 is 15.9 Å². The van der Waals surface area contributed by atoms with Crippen molar-refractivity contribution in [3.63, 3.8) is 0 Å². The van der Waals surface area contributed by atoms with Crippen molar-refractivity contribution in [2.75, 3.05) is 7.11 Å². The Morgan fingerprint density at radius 3 is 2.73 bits per heavy atom. The number of hydrogen-bond acceptors (Lipinski definition) is 4. The number of nitrogens with zero attached hydrogens (tertiary/aromatic N) is 1. The van der Waals surface area contributed by atoms with Crippen LogP contribution in [0.5, 0.6) is 0 Å². The summed E-state index contributed by atoms with van der Waals surface area (Å²) in [6, 6.07) is 4.72. The Labute approximate surface area is 94.6 Å². The molecular formula is C10H6BrNO3. The van der Waals surface area contributed by atoms with E-state index in [2.05, 4.69) is 20.7 Å². The van der Waals surface area contributed by atoms with Crippen LogP contribution in [-0.4, -0.2) is 19.4 Å². The van der Waals surface area contributed by atoms with E-state index in [1.165, 1.54) is 19.2 Å². The summed E-state index contributed by atoms with van der Waals surface area (Å²) in [5.41, 5.74) is 0.540. The summed E-state index contributed by atoms with van der Waals surface area (Å²) in [6.07, 6.45) is 0.595. The fraction of sp³-hybridized carbons (Fsp3) is 0.100. The SMILES string of the molecule is COC(=O)c1c(C#N)ccc(C=O)c1Br. The van der Waals surface area contributed by atoms with Crippen molar-refractivity contribution in [2.45, 2.75) is 0 Å². The second-order valence-electron chi connectivity index (χ2n) is 2.61. The van der Waals surface area contributed by atoms with Gasteiger partial charge in [-0.3, -0.25) is 4.79 Å². The van der Waals surface area contributed by atoms with Gasteiger partial charge in [0.2, 0.25) is 0 Å². The molecule has 1 aromatic carbocycles. The maximum absolute atomic E-state index is 11.4. The molecule has 0 aliphatic heterocycles. The molecule has 0 radical (unpaired) electrons. The standard InChI is InChI=1S/C10H6BrNO3/c1-15-10(14)8-6(4-12)2-3-7(5-13)9(8)11/h2-3,5H,1H3. The van der Waals surface area contributed by atoms with Crippen LogP contribution in [0.25, 0.3) is 0 Å². The van der Waals surface area contributed by atoms with Gasteiger partial charge in [0, 0.05) is 10.0 Å². The van der Waals surface area contributed by atoms with Gasteiger partial charge < -0.3 is 4.74 Å². The second-order valence-corrected chi connectivity index (χ2v) is 3.41. The molecule has 0 aliphatic rings. The Morgan fingerprint density at radius 2 is 2.27 bits per heavy atom. The summed E-state index contributed by atoms with van der Waals surface area (Å²) in [5, 5.41) is 8.78. The third-order valence-electron chi connectivity index (χ3n) is 1.81. The van der Waals surface area contributed by atoms with Gasteiger partial charge >= 0.3 is 5.97 Å². The number of halogens is 1. The summed E-state index contributed by atoms with van der Waals surface area (Å²) >= 11 is 3.09. The van der Waals surface area contributed by atoms with Crippen molar-refractivity contribution in [2.24, 2.45) is 0 Å². The first-order valence-electron chi connectivity index (χ1n) is 3.91. The molecule has 0 heterocycles. The molecule has 0 spiro atoms. The number of methoxy groups -OCH3 is 1. The number of ether oxygens (including phenoxy) is 1. The average molecular weight is 268 g/mol. The first-order chi connectivity index (χ1) is 7.15. The van der Waals surface area contributed by atoms with Gasteiger partial charge in [-0.05, 0) is 28.1 Å². The number of nitriles is 1. The van der Waals surface area contributed by atoms with Crippen molar-refractivity contribution in [3.05, 3.63) is 33.3 Å². The summed E-state index contributed by atoms with van der Waals surface area (Å²) < 4.78 is 4.80. The van der Waals surface area contributed by atoms with Gasteiger partial charge in [0.25, 0.3) is 0 Å². The van der Waals surface area contributed by atoms with Gasteiger partial charge in [-0.25, -0.2) is 4.79 Å². The van der Waals surface area contributed by atoms with Gasteiger partial charge in [-0.2, -0.15) is 5.26 Å². The van der Waals surface area contributed by atoms with E-state index in [4.69, 9.17) is 5.26 Å². The molecule has 0 fully saturated rings. The lowest BCUT2D eigenvalue weighted by Crippen LogP contribution is -2.07.